The van der Waals surface area contributed by atoms with Crippen molar-refractivity contribution >= 4 is 17.4 Å². The number of aryl methyl sites for hydroxylation is 2. The van der Waals surface area contributed by atoms with Gasteiger partial charge in [-0.2, -0.15) is 0 Å². The van der Waals surface area contributed by atoms with Crippen LogP contribution in [0.15, 0.2) is 48.0 Å². The lowest BCUT2D eigenvalue weighted by Crippen LogP contribution is -2.38. The SMILES string of the molecule is CCOc1ccc(C2C(=C(O)c3cc(C)ccc3C)C(=O)C(=O)N2CCN(CC)CC)cc1. The van der Waals surface area contributed by atoms with Gasteiger partial charge in [-0.05, 0) is 63.2 Å². The van der Waals surface area contributed by atoms with Gasteiger partial charge in [0.15, 0.2) is 0 Å². The van der Waals surface area contributed by atoms with Crippen LogP contribution in [0.1, 0.15) is 49.1 Å². The fourth-order valence-electron chi connectivity index (χ4n) is 4.30. The van der Waals surface area contributed by atoms with E-state index in [0.717, 1.165) is 35.5 Å². The highest BCUT2D eigenvalue weighted by atomic mass is 16.5. The fraction of sp³-hybridized carbons (Fsp3) is 0.407. The van der Waals surface area contributed by atoms with Crippen molar-refractivity contribution < 1.29 is 19.4 Å². The predicted molar refractivity (Wildman–Crippen MR) is 130 cm³/mol. The first-order valence-corrected chi connectivity index (χ1v) is 11.6. The second-order valence-electron chi connectivity index (χ2n) is 8.34. The standard InChI is InChI=1S/C27H34N2O4/c1-6-28(7-2)15-16-29-24(20-11-13-21(14-12-20)33-8-3)23(26(31)27(29)32)25(30)22-17-18(4)9-10-19(22)5/h9-14,17,24,30H,6-8,15-16H2,1-5H3. The molecule has 1 saturated heterocycles. The summed E-state index contributed by atoms with van der Waals surface area (Å²) >= 11 is 0. The summed E-state index contributed by atoms with van der Waals surface area (Å²) in [5.41, 5.74) is 3.29. The van der Waals surface area contributed by atoms with Gasteiger partial charge in [0.05, 0.1) is 18.2 Å². The molecule has 0 aromatic heterocycles. The number of likely N-dealkylation sites (tertiary alicyclic amines) is 1. The van der Waals surface area contributed by atoms with Gasteiger partial charge in [-0.25, -0.2) is 0 Å². The van der Waals surface area contributed by atoms with Gasteiger partial charge in [0.1, 0.15) is 11.5 Å². The Labute approximate surface area is 196 Å². The molecule has 1 fully saturated rings. The van der Waals surface area contributed by atoms with Crippen molar-refractivity contribution in [3.63, 3.8) is 0 Å². The first-order valence-electron chi connectivity index (χ1n) is 11.6. The summed E-state index contributed by atoms with van der Waals surface area (Å²) in [7, 11) is 0. The van der Waals surface area contributed by atoms with E-state index in [1.165, 1.54) is 0 Å². The minimum atomic E-state index is -0.656. The molecule has 6 heteroatoms. The van der Waals surface area contributed by atoms with Crippen LogP contribution in [-0.2, 0) is 9.59 Å². The molecule has 6 nitrogen and oxygen atoms in total. The summed E-state index contributed by atoms with van der Waals surface area (Å²) in [5, 5.41) is 11.3. The van der Waals surface area contributed by atoms with Crippen molar-refractivity contribution in [3.8, 4) is 5.75 Å². The van der Waals surface area contributed by atoms with Crippen LogP contribution in [0.2, 0.25) is 0 Å². The summed E-state index contributed by atoms with van der Waals surface area (Å²) in [5.74, 6) is -0.630. The molecule has 0 bridgehead atoms. The summed E-state index contributed by atoms with van der Waals surface area (Å²) in [6, 6.07) is 12.5. The normalized spacial score (nSPS) is 17.8. The molecule has 1 aliphatic heterocycles. The van der Waals surface area contributed by atoms with Gasteiger partial charge in [-0.1, -0.05) is 43.7 Å². The van der Waals surface area contributed by atoms with Crippen LogP contribution < -0.4 is 4.74 Å². The third kappa shape index (κ3) is 5.11. The third-order valence-electron chi connectivity index (χ3n) is 6.25. The second-order valence-corrected chi connectivity index (χ2v) is 8.34. The molecular weight excluding hydrogens is 416 g/mol. The van der Waals surface area contributed by atoms with Gasteiger partial charge in [0, 0.05) is 18.7 Å². The average Bonchev–Trinajstić information content (AvgIpc) is 3.06. The lowest BCUT2D eigenvalue weighted by molar-refractivity contribution is -0.140. The molecule has 33 heavy (non-hydrogen) atoms. The highest BCUT2D eigenvalue weighted by Gasteiger charge is 2.46. The van der Waals surface area contributed by atoms with Crippen LogP contribution in [0, 0.1) is 13.8 Å². The molecule has 1 aliphatic rings. The monoisotopic (exact) mass is 450 g/mol. The van der Waals surface area contributed by atoms with E-state index in [1.807, 2.05) is 63.2 Å². The number of carbonyl (C=O) groups excluding carboxylic acids is 2. The maximum absolute atomic E-state index is 13.2. The van der Waals surface area contributed by atoms with Crippen LogP contribution >= 0.6 is 0 Å². The van der Waals surface area contributed by atoms with E-state index in [4.69, 9.17) is 4.74 Å². The number of ketones is 1. The second kappa shape index (κ2) is 10.7. The molecule has 176 valence electrons. The number of likely N-dealkylation sites (N-methyl/N-ethyl adjacent to an activating group) is 1. The topological polar surface area (TPSA) is 70.1 Å². The Hall–Kier alpha value is -3.12. The van der Waals surface area contributed by atoms with Crippen LogP contribution in [0.3, 0.4) is 0 Å². The first kappa shape index (κ1) is 24.5. The molecule has 0 aliphatic carbocycles. The minimum absolute atomic E-state index is 0.126. The highest BCUT2D eigenvalue weighted by Crippen LogP contribution is 2.40. The molecule has 0 saturated carbocycles. The molecule has 1 unspecified atom stereocenters. The number of hydrogen-bond donors (Lipinski definition) is 1. The number of aliphatic hydroxyl groups is 1. The van der Waals surface area contributed by atoms with E-state index < -0.39 is 17.7 Å². The number of carbonyl (C=O) groups is 2. The summed E-state index contributed by atoms with van der Waals surface area (Å²) in [4.78, 5) is 30.1. The van der Waals surface area contributed by atoms with Crippen molar-refractivity contribution in [2.24, 2.45) is 0 Å². The quantitative estimate of drug-likeness (QED) is 0.347. The van der Waals surface area contributed by atoms with E-state index in [2.05, 4.69) is 18.7 Å². The summed E-state index contributed by atoms with van der Waals surface area (Å²) in [6.07, 6.45) is 0. The number of rotatable bonds is 9. The van der Waals surface area contributed by atoms with Gasteiger partial charge >= 0.3 is 0 Å². The molecule has 2 aromatic carbocycles. The van der Waals surface area contributed by atoms with Gasteiger partial charge < -0.3 is 19.6 Å². The number of ether oxygens (including phenoxy) is 1. The lowest BCUT2D eigenvalue weighted by Gasteiger charge is -2.28. The van der Waals surface area contributed by atoms with E-state index in [-0.39, 0.29) is 11.3 Å². The molecule has 1 N–H and O–H groups in total. The molecule has 0 radical (unpaired) electrons. The Morgan fingerprint density at radius 1 is 1.03 bits per heavy atom. The van der Waals surface area contributed by atoms with Crippen LogP contribution in [-0.4, -0.2) is 59.4 Å². The predicted octanol–water partition coefficient (Wildman–Crippen LogP) is 4.47. The van der Waals surface area contributed by atoms with E-state index >= 15 is 0 Å². The Morgan fingerprint density at radius 2 is 1.70 bits per heavy atom. The Kier molecular flexibility index (Phi) is 7.92. The Morgan fingerprint density at radius 3 is 2.30 bits per heavy atom. The van der Waals surface area contributed by atoms with Crippen LogP contribution in [0.4, 0.5) is 0 Å². The maximum Gasteiger partial charge on any atom is 0.295 e. The van der Waals surface area contributed by atoms with Crippen LogP contribution in [0.5, 0.6) is 5.75 Å². The Balaban J connectivity index is 2.12. The summed E-state index contributed by atoms with van der Waals surface area (Å²) in [6.45, 7) is 13.2. The number of hydrogen-bond acceptors (Lipinski definition) is 5. The van der Waals surface area contributed by atoms with E-state index in [0.29, 0.717) is 25.3 Å². The maximum atomic E-state index is 13.2. The highest BCUT2D eigenvalue weighted by molar-refractivity contribution is 6.46. The molecule has 1 atom stereocenters. The fourth-order valence-corrected chi connectivity index (χ4v) is 4.30. The number of amides is 1. The van der Waals surface area contributed by atoms with Gasteiger partial charge in [-0.3, -0.25) is 9.59 Å². The molecule has 2 aromatic rings. The number of Topliss-reactive ketones (excluding diaryl/α,β-unsaturated/α-hetero) is 1. The van der Waals surface area contributed by atoms with Crippen molar-refractivity contribution in [2.75, 3.05) is 32.8 Å². The third-order valence-corrected chi connectivity index (χ3v) is 6.25. The van der Waals surface area contributed by atoms with Crippen molar-refractivity contribution in [1.29, 1.82) is 0 Å². The molecule has 3 rings (SSSR count). The summed E-state index contributed by atoms with van der Waals surface area (Å²) < 4.78 is 5.56. The first-order chi connectivity index (χ1) is 15.8. The minimum Gasteiger partial charge on any atom is -0.507 e. The molecular formula is C27H34N2O4. The molecule has 1 heterocycles. The average molecular weight is 451 g/mol. The number of benzene rings is 2. The zero-order valence-electron chi connectivity index (χ0n) is 20.2. The van der Waals surface area contributed by atoms with Crippen molar-refractivity contribution in [3.05, 3.63) is 70.3 Å². The molecule has 0 spiro atoms. The van der Waals surface area contributed by atoms with Crippen LogP contribution in [0.25, 0.3) is 5.76 Å². The largest absolute Gasteiger partial charge is 0.507 e. The smallest absolute Gasteiger partial charge is 0.295 e. The van der Waals surface area contributed by atoms with E-state index in [9.17, 15) is 14.7 Å². The van der Waals surface area contributed by atoms with Crippen molar-refractivity contribution in [1.82, 2.24) is 9.80 Å². The Bertz CT molecular complexity index is 1040. The number of nitrogens with zero attached hydrogens (tertiary/aromatic N) is 2. The lowest BCUT2D eigenvalue weighted by atomic mass is 9.93. The van der Waals surface area contributed by atoms with Gasteiger partial charge in [0.25, 0.3) is 11.7 Å². The van der Waals surface area contributed by atoms with Gasteiger partial charge in [-0.15, -0.1) is 0 Å². The zero-order chi connectivity index (χ0) is 24.1. The van der Waals surface area contributed by atoms with E-state index in [1.54, 1.807) is 4.90 Å². The van der Waals surface area contributed by atoms with Crippen molar-refractivity contribution in [2.45, 2.75) is 40.7 Å². The number of aliphatic hydroxyl groups excluding tert-OH is 1. The molecule has 1 amide bonds. The van der Waals surface area contributed by atoms with Gasteiger partial charge in [0.2, 0.25) is 0 Å². The zero-order valence-corrected chi connectivity index (χ0v) is 20.2.